The molecule has 0 radical (unpaired) electrons. The molecule has 5 heterocycles. The number of fused-ring (bicyclic) bond motifs is 1. The summed E-state index contributed by atoms with van der Waals surface area (Å²) in [7, 11) is 0. The molecule has 6 aromatic rings. The number of rotatable bonds is 7. The largest absolute Gasteiger partial charge is 0.436 e. The summed E-state index contributed by atoms with van der Waals surface area (Å²) in [5, 5.41) is 13.3. The Hall–Kier alpha value is -4.95. The molecule has 216 valence electrons. The molecule has 0 spiro atoms. The predicted molar refractivity (Wildman–Crippen MR) is 153 cm³/mol. The zero-order valence-corrected chi connectivity index (χ0v) is 23.3. The third kappa shape index (κ3) is 5.37. The molecule has 1 saturated heterocycles. The highest BCUT2D eigenvalue weighted by molar-refractivity contribution is 7.03. The molecule has 2 aromatic carbocycles. The summed E-state index contributed by atoms with van der Waals surface area (Å²) in [6.45, 7) is -1.13. The van der Waals surface area contributed by atoms with Gasteiger partial charge >= 0.3 is 6.55 Å². The first-order valence-electron chi connectivity index (χ1n) is 13.5. The number of alkyl halides is 2. The van der Waals surface area contributed by atoms with E-state index in [1.165, 1.54) is 11.5 Å². The molecule has 1 amide bonds. The van der Waals surface area contributed by atoms with Gasteiger partial charge in [-0.05, 0) is 52.1 Å². The summed E-state index contributed by atoms with van der Waals surface area (Å²) in [4.78, 5) is 26.6. The van der Waals surface area contributed by atoms with Crippen molar-refractivity contribution in [1.29, 1.82) is 0 Å². The molecule has 0 unspecified atom stereocenters. The molecule has 4 aromatic heterocycles. The first kappa shape index (κ1) is 26.9. The van der Waals surface area contributed by atoms with Gasteiger partial charge in [0.1, 0.15) is 11.2 Å². The quantitative estimate of drug-likeness (QED) is 0.251. The maximum Gasteiger partial charge on any atom is 0.350 e. The molecule has 0 bridgehead atoms. The van der Waals surface area contributed by atoms with E-state index in [9.17, 15) is 13.6 Å². The highest BCUT2D eigenvalue weighted by Crippen LogP contribution is 2.30. The minimum Gasteiger partial charge on any atom is -0.436 e. The van der Waals surface area contributed by atoms with Gasteiger partial charge in [0.25, 0.3) is 5.91 Å². The van der Waals surface area contributed by atoms with Crippen molar-refractivity contribution in [1.82, 2.24) is 44.3 Å². The number of aromatic nitrogens is 7. The van der Waals surface area contributed by atoms with Crippen LogP contribution >= 0.6 is 11.5 Å². The number of hydrogen-bond acceptors (Lipinski definition) is 10. The second-order valence-corrected chi connectivity index (χ2v) is 10.6. The lowest BCUT2D eigenvalue weighted by atomic mass is 10.0. The van der Waals surface area contributed by atoms with Crippen LogP contribution in [0.2, 0.25) is 0 Å². The van der Waals surface area contributed by atoms with Gasteiger partial charge in [-0.15, -0.1) is 10.2 Å². The molecule has 7 rings (SSSR count). The molecule has 1 aliphatic heterocycles. The van der Waals surface area contributed by atoms with E-state index >= 15 is 0 Å². The highest BCUT2D eigenvalue weighted by Gasteiger charge is 2.32. The standard InChI is InChI=1S/C29H23F2N9O2S/c30-29(31)40-36-26(35-37-40)25(18-4-2-1-3-5-18)38-10-12-39(13-11-38)28(41)23-15-20(8-9-32-23)27-34-22-14-19(6-7-24(22)42-27)21-16-33-43-17-21/h1-9,14-17,25,29H,10-13H2/t25-/m0/s1. The van der Waals surface area contributed by atoms with E-state index in [0.29, 0.717) is 53.5 Å². The first-order chi connectivity index (χ1) is 21.0. The summed E-state index contributed by atoms with van der Waals surface area (Å²) in [6.07, 6.45) is 3.38. The zero-order valence-electron chi connectivity index (χ0n) is 22.5. The molecule has 1 atom stereocenters. The van der Waals surface area contributed by atoms with E-state index in [1.54, 1.807) is 23.2 Å². The van der Waals surface area contributed by atoms with Crippen LogP contribution < -0.4 is 0 Å². The first-order valence-corrected chi connectivity index (χ1v) is 14.3. The Labute approximate surface area is 247 Å². The van der Waals surface area contributed by atoms with E-state index < -0.39 is 12.6 Å². The minimum absolute atomic E-state index is 0.179. The smallest absolute Gasteiger partial charge is 0.350 e. The zero-order chi connectivity index (χ0) is 29.3. The van der Waals surface area contributed by atoms with Gasteiger partial charge in [0, 0.05) is 55.1 Å². The van der Waals surface area contributed by atoms with Crippen LogP contribution in [0.15, 0.2) is 82.9 Å². The number of hydrogen-bond donors (Lipinski definition) is 0. The molecule has 43 heavy (non-hydrogen) atoms. The molecule has 1 aliphatic rings. The fraction of sp³-hybridized carbons (Fsp3) is 0.207. The molecule has 0 aliphatic carbocycles. The lowest BCUT2D eigenvalue weighted by Crippen LogP contribution is -2.50. The average molecular weight is 600 g/mol. The highest BCUT2D eigenvalue weighted by atomic mass is 32.1. The Bertz CT molecular complexity index is 1870. The van der Waals surface area contributed by atoms with Crippen molar-refractivity contribution in [2.45, 2.75) is 12.6 Å². The Kier molecular flexibility index (Phi) is 7.12. The number of tetrazole rings is 1. The topological polar surface area (TPSA) is 119 Å². The molecule has 0 saturated carbocycles. The fourth-order valence-corrected chi connectivity index (χ4v) is 5.74. The lowest BCUT2D eigenvalue weighted by molar-refractivity contribution is 0.0385. The number of carbonyl (C=O) groups excluding carboxylic acids is 1. The summed E-state index contributed by atoms with van der Waals surface area (Å²) in [6, 6.07) is 18.1. The van der Waals surface area contributed by atoms with E-state index in [1.807, 2.05) is 60.1 Å². The number of carbonyl (C=O) groups is 1. The SMILES string of the molecule is O=C(c1cc(-c2nc3cc(-c4cnsc4)ccc3o2)ccn1)N1CCN([C@@H](c2ccccc2)c2nnn(C(F)F)n2)CC1. The van der Waals surface area contributed by atoms with Crippen molar-refractivity contribution in [2.24, 2.45) is 0 Å². The molecule has 14 heteroatoms. The number of oxazole rings is 1. The van der Waals surface area contributed by atoms with E-state index in [4.69, 9.17) is 4.42 Å². The van der Waals surface area contributed by atoms with Crippen molar-refractivity contribution in [2.75, 3.05) is 26.2 Å². The number of halogens is 2. The molecular weight excluding hydrogens is 576 g/mol. The molecule has 0 N–H and O–H groups in total. The Morgan fingerprint density at radius 3 is 2.53 bits per heavy atom. The van der Waals surface area contributed by atoms with Crippen LogP contribution in [0.3, 0.4) is 0 Å². The molecular formula is C29H23F2N9O2S. The third-order valence-corrected chi connectivity index (χ3v) is 7.91. The van der Waals surface area contributed by atoms with Crippen LogP contribution in [0.1, 0.15) is 34.5 Å². The van der Waals surface area contributed by atoms with Gasteiger partial charge < -0.3 is 9.32 Å². The van der Waals surface area contributed by atoms with E-state index in [2.05, 4.69) is 34.7 Å². The number of amides is 1. The van der Waals surface area contributed by atoms with Crippen molar-refractivity contribution < 1.29 is 18.0 Å². The van der Waals surface area contributed by atoms with E-state index in [0.717, 1.165) is 16.7 Å². The maximum absolute atomic E-state index is 13.5. The van der Waals surface area contributed by atoms with Gasteiger partial charge in [0.05, 0.1) is 6.04 Å². The monoisotopic (exact) mass is 599 g/mol. The van der Waals surface area contributed by atoms with Gasteiger partial charge in [-0.2, -0.15) is 8.78 Å². The van der Waals surface area contributed by atoms with E-state index in [-0.39, 0.29) is 17.4 Å². The third-order valence-electron chi connectivity index (χ3n) is 7.32. The summed E-state index contributed by atoms with van der Waals surface area (Å²) < 4.78 is 36.5. The lowest BCUT2D eigenvalue weighted by Gasteiger charge is -2.38. The molecule has 11 nitrogen and oxygen atoms in total. The van der Waals surface area contributed by atoms with Crippen molar-refractivity contribution in [3.8, 4) is 22.6 Å². The predicted octanol–water partition coefficient (Wildman–Crippen LogP) is 4.94. The van der Waals surface area contributed by atoms with Crippen LogP contribution in [-0.2, 0) is 0 Å². The Morgan fingerprint density at radius 1 is 0.953 bits per heavy atom. The second-order valence-electron chi connectivity index (χ2n) is 9.93. The Morgan fingerprint density at radius 2 is 1.79 bits per heavy atom. The van der Waals surface area contributed by atoms with Crippen molar-refractivity contribution in [3.63, 3.8) is 0 Å². The van der Waals surface area contributed by atoms with Gasteiger partial charge in [-0.1, -0.05) is 41.2 Å². The summed E-state index contributed by atoms with van der Waals surface area (Å²) in [5.41, 5.74) is 5.12. The van der Waals surface area contributed by atoms with Crippen LogP contribution in [-0.4, -0.2) is 76.4 Å². The molecule has 1 fully saturated rings. The number of benzene rings is 2. The minimum atomic E-state index is -2.88. The van der Waals surface area contributed by atoms with Gasteiger partial charge in [-0.3, -0.25) is 14.7 Å². The average Bonchev–Trinajstić information content (AvgIpc) is 3.83. The van der Waals surface area contributed by atoms with Gasteiger partial charge in [0.15, 0.2) is 11.4 Å². The van der Waals surface area contributed by atoms with Crippen molar-refractivity contribution >= 4 is 28.5 Å². The summed E-state index contributed by atoms with van der Waals surface area (Å²) in [5.74, 6) is 0.355. The van der Waals surface area contributed by atoms with Crippen LogP contribution in [0.4, 0.5) is 8.78 Å². The number of pyridine rings is 1. The van der Waals surface area contributed by atoms with Crippen molar-refractivity contribution in [3.05, 3.63) is 95.5 Å². The summed E-state index contributed by atoms with van der Waals surface area (Å²) >= 11 is 1.39. The number of piperazine rings is 1. The second kappa shape index (κ2) is 11.4. The Balaban J connectivity index is 1.08. The maximum atomic E-state index is 13.5. The normalized spacial score (nSPS) is 14.9. The number of nitrogens with zero attached hydrogens (tertiary/aromatic N) is 9. The van der Waals surface area contributed by atoms with Gasteiger partial charge in [-0.25, -0.2) is 9.36 Å². The van der Waals surface area contributed by atoms with Gasteiger partial charge in [0.2, 0.25) is 5.89 Å². The van der Waals surface area contributed by atoms with Crippen LogP contribution in [0, 0.1) is 0 Å². The van der Waals surface area contributed by atoms with Crippen LogP contribution in [0.25, 0.3) is 33.7 Å². The van der Waals surface area contributed by atoms with Crippen LogP contribution in [0.5, 0.6) is 0 Å². The fourth-order valence-electron chi connectivity index (χ4n) is 5.19.